The lowest BCUT2D eigenvalue weighted by atomic mass is 9.92. The van der Waals surface area contributed by atoms with Crippen LogP contribution >= 0.6 is 0 Å². The van der Waals surface area contributed by atoms with Gasteiger partial charge < -0.3 is 11.1 Å². The number of carbonyl (C=O) groups is 1. The number of rotatable bonds is 4. The first-order valence-corrected chi connectivity index (χ1v) is 6.27. The Bertz CT molecular complexity index is 399. The van der Waals surface area contributed by atoms with Gasteiger partial charge in [0.15, 0.2) is 0 Å². The number of nitrogens with one attached hydrogen (secondary N) is 1. The molecule has 1 atom stereocenters. The van der Waals surface area contributed by atoms with Gasteiger partial charge in [0.05, 0.1) is 0 Å². The second-order valence-electron chi connectivity index (χ2n) is 4.86. The molecule has 0 aromatic heterocycles. The molecular weight excluding hydrogens is 212 g/mol. The highest BCUT2D eigenvalue weighted by atomic mass is 16.1. The van der Waals surface area contributed by atoms with E-state index in [0.717, 1.165) is 24.0 Å². The molecule has 1 aromatic carbocycles. The number of nitrogens with two attached hydrogens (primary N) is 1. The second-order valence-corrected chi connectivity index (χ2v) is 4.86. The van der Waals surface area contributed by atoms with E-state index in [4.69, 9.17) is 5.73 Å². The number of aryl methyl sites for hydroxylation is 1. The highest BCUT2D eigenvalue weighted by molar-refractivity contribution is 5.77. The molecule has 1 aliphatic rings. The topological polar surface area (TPSA) is 55.1 Å². The molecule has 17 heavy (non-hydrogen) atoms. The largest absolute Gasteiger partial charge is 0.353 e. The first-order chi connectivity index (χ1) is 8.16. The van der Waals surface area contributed by atoms with Crippen molar-refractivity contribution in [2.24, 2.45) is 5.73 Å². The number of benzene rings is 1. The summed E-state index contributed by atoms with van der Waals surface area (Å²) >= 11 is 0. The summed E-state index contributed by atoms with van der Waals surface area (Å²) < 4.78 is 0. The molecule has 0 unspecified atom stereocenters. The van der Waals surface area contributed by atoms with Gasteiger partial charge in [0, 0.05) is 18.5 Å². The first-order valence-electron chi connectivity index (χ1n) is 6.27. The third-order valence-electron chi connectivity index (χ3n) is 3.46. The molecule has 1 saturated carbocycles. The van der Waals surface area contributed by atoms with E-state index in [1.54, 1.807) is 0 Å². The normalized spacial score (nSPS) is 17.3. The summed E-state index contributed by atoms with van der Waals surface area (Å²) in [7, 11) is 0. The zero-order valence-corrected chi connectivity index (χ0v) is 10.3. The van der Waals surface area contributed by atoms with Gasteiger partial charge in [0.25, 0.3) is 0 Å². The zero-order chi connectivity index (χ0) is 12.3. The molecule has 0 spiro atoms. The second kappa shape index (κ2) is 5.32. The fourth-order valence-corrected chi connectivity index (χ4v) is 2.15. The van der Waals surface area contributed by atoms with E-state index in [1.807, 2.05) is 31.2 Å². The van der Waals surface area contributed by atoms with Gasteiger partial charge >= 0.3 is 0 Å². The van der Waals surface area contributed by atoms with E-state index in [9.17, 15) is 4.79 Å². The maximum absolute atomic E-state index is 11.8. The van der Waals surface area contributed by atoms with Crippen LogP contribution in [0.5, 0.6) is 0 Å². The molecule has 0 heterocycles. The molecule has 1 aliphatic carbocycles. The summed E-state index contributed by atoms with van der Waals surface area (Å²) in [4.78, 5) is 11.8. The van der Waals surface area contributed by atoms with Gasteiger partial charge in [-0.3, -0.25) is 4.79 Å². The van der Waals surface area contributed by atoms with E-state index < -0.39 is 0 Å². The minimum atomic E-state index is -0.198. The third-order valence-corrected chi connectivity index (χ3v) is 3.46. The summed E-state index contributed by atoms with van der Waals surface area (Å²) in [6.07, 6.45) is 3.84. The Balaban J connectivity index is 1.89. The molecule has 1 aromatic rings. The lowest BCUT2D eigenvalue weighted by molar-refractivity contribution is -0.122. The fourth-order valence-electron chi connectivity index (χ4n) is 2.15. The van der Waals surface area contributed by atoms with Crippen molar-refractivity contribution in [3.05, 3.63) is 35.4 Å². The summed E-state index contributed by atoms with van der Waals surface area (Å²) in [5.74, 6) is 0.0745. The van der Waals surface area contributed by atoms with Gasteiger partial charge in [-0.2, -0.15) is 0 Å². The minimum Gasteiger partial charge on any atom is -0.353 e. The summed E-state index contributed by atoms with van der Waals surface area (Å²) in [5, 5.41) is 3.02. The van der Waals surface area contributed by atoms with Crippen LogP contribution in [0.25, 0.3) is 0 Å². The highest BCUT2D eigenvalue weighted by Crippen LogP contribution is 2.20. The molecule has 0 aliphatic heterocycles. The van der Waals surface area contributed by atoms with Crippen LogP contribution in [0.3, 0.4) is 0 Å². The zero-order valence-electron chi connectivity index (χ0n) is 10.3. The Morgan fingerprint density at radius 1 is 1.47 bits per heavy atom. The van der Waals surface area contributed by atoms with E-state index in [0.29, 0.717) is 12.5 Å². The van der Waals surface area contributed by atoms with Gasteiger partial charge in [0.2, 0.25) is 5.91 Å². The molecule has 3 heteroatoms. The predicted octanol–water partition coefficient (Wildman–Crippen LogP) is 2.05. The average molecular weight is 232 g/mol. The van der Waals surface area contributed by atoms with Crippen LogP contribution in [0.4, 0.5) is 0 Å². The molecule has 0 bridgehead atoms. The van der Waals surface area contributed by atoms with Crippen molar-refractivity contribution in [2.45, 2.75) is 44.7 Å². The molecule has 3 N–H and O–H groups in total. The standard InChI is InChI=1S/C14H20N2O/c1-10-5-2-3-8-12(10)13(15)9-14(17)16-11-6-4-7-11/h2-3,5,8,11,13H,4,6-7,9,15H2,1H3,(H,16,17)/t13-/m0/s1. The van der Waals surface area contributed by atoms with E-state index >= 15 is 0 Å². The van der Waals surface area contributed by atoms with E-state index in [2.05, 4.69) is 5.32 Å². The molecule has 0 radical (unpaired) electrons. The maximum atomic E-state index is 11.8. The van der Waals surface area contributed by atoms with Gasteiger partial charge in [-0.15, -0.1) is 0 Å². The van der Waals surface area contributed by atoms with Gasteiger partial charge in [0.1, 0.15) is 0 Å². The van der Waals surface area contributed by atoms with E-state index in [-0.39, 0.29) is 11.9 Å². The van der Waals surface area contributed by atoms with Gasteiger partial charge in [-0.05, 0) is 37.3 Å². The first kappa shape index (κ1) is 12.1. The molecular formula is C14H20N2O. The van der Waals surface area contributed by atoms with Crippen molar-refractivity contribution in [2.75, 3.05) is 0 Å². The Kier molecular flexibility index (Phi) is 3.79. The lowest BCUT2D eigenvalue weighted by Crippen LogP contribution is -2.40. The molecule has 2 rings (SSSR count). The molecule has 92 valence electrons. The SMILES string of the molecule is Cc1ccccc1[C@@H](N)CC(=O)NC1CCC1. The fraction of sp³-hybridized carbons (Fsp3) is 0.500. The summed E-state index contributed by atoms with van der Waals surface area (Å²) in [5.41, 5.74) is 8.29. The Morgan fingerprint density at radius 3 is 2.76 bits per heavy atom. The Labute approximate surface area is 102 Å². The van der Waals surface area contributed by atoms with Crippen LogP contribution in [0.15, 0.2) is 24.3 Å². The van der Waals surface area contributed by atoms with Crippen LogP contribution in [-0.4, -0.2) is 11.9 Å². The van der Waals surface area contributed by atoms with E-state index in [1.165, 1.54) is 6.42 Å². The van der Waals surface area contributed by atoms with Crippen molar-refractivity contribution in [3.63, 3.8) is 0 Å². The van der Waals surface area contributed by atoms with Crippen molar-refractivity contribution < 1.29 is 4.79 Å². The molecule has 3 nitrogen and oxygen atoms in total. The predicted molar refractivity (Wildman–Crippen MR) is 68.5 cm³/mol. The number of amides is 1. The minimum absolute atomic E-state index is 0.0745. The summed E-state index contributed by atoms with van der Waals surface area (Å²) in [6, 6.07) is 8.17. The molecule has 0 saturated heterocycles. The average Bonchev–Trinajstić information content (AvgIpc) is 2.24. The highest BCUT2D eigenvalue weighted by Gasteiger charge is 2.21. The number of carbonyl (C=O) groups excluding carboxylic acids is 1. The smallest absolute Gasteiger partial charge is 0.222 e. The number of hydrogen-bond acceptors (Lipinski definition) is 2. The monoisotopic (exact) mass is 232 g/mol. The molecule has 1 amide bonds. The van der Waals surface area contributed by atoms with Crippen molar-refractivity contribution in [1.29, 1.82) is 0 Å². The quantitative estimate of drug-likeness (QED) is 0.834. The third kappa shape index (κ3) is 3.07. The van der Waals surface area contributed by atoms with Crippen LogP contribution < -0.4 is 11.1 Å². The van der Waals surface area contributed by atoms with Crippen LogP contribution in [0.1, 0.15) is 42.9 Å². The van der Waals surface area contributed by atoms with Gasteiger partial charge in [-0.1, -0.05) is 24.3 Å². The summed E-state index contributed by atoms with van der Waals surface area (Å²) in [6.45, 7) is 2.03. The van der Waals surface area contributed by atoms with Crippen molar-refractivity contribution >= 4 is 5.91 Å². The van der Waals surface area contributed by atoms with Crippen LogP contribution in [0, 0.1) is 6.92 Å². The number of hydrogen-bond donors (Lipinski definition) is 2. The maximum Gasteiger partial charge on any atom is 0.222 e. The van der Waals surface area contributed by atoms with Crippen LogP contribution in [-0.2, 0) is 4.79 Å². The lowest BCUT2D eigenvalue weighted by Gasteiger charge is -2.27. The van der Waals surface area contributed by atoms with Crippen LogP contribution in [0.2, 0.25) is 0 Å². The van der Waals surface area contributed by atoms with Crippen molar-refractivity contribution in [1.82, 2.24) is 5.32 Å². The Morgan fingerprint density at radius 2 is 2.18 bits per heavy atom. The van der Waals surface area contributed by atoms with Gasteiger partial charge in [-0.25, -0.2) is 0 Å². The Hall–Kier alpha value is -1.35. The molecule has 1 fully saturated rings. The van der Waals surface area contributed by atoms with Crippen molar-refractivity contribution in [3.8, 4) is 0 Å².